The van der Waals surface area contributed by atoms with E-state index in [1.807, 2.05) is 14.0 Å². The van der Waals surface area contributed by atoms with E-state index in [-0.39, 0.29) is 12.1 Å². The zero-order valence-electron chi connectivity index (χ0n) is 9.36. The fourth-order valence-electron chi connectivity index (χ4n) is 2.00. The van der Waals surface area contributed by atoms with Gasteiger partial charge in [-0.1, -0.05) is 0 Å². The first-order valence-electron chi connectivity index (χ1n) is 5.17. The molecule has 1 saturated heterocycles. The second-order valence-electron chi connectivity index (χ2n) is 4.47. The van der Waals surface area contributed by atoms with Crippen LogP contribution in [-0.4, -0.2) is 55.0 Å². The van der Waals surface area contributed by atoms with E-state index < -0.39 is 5.60 Å². The molecule has 0 aromatic carbocycles. The van der Waals surface area contributed by atoms with Crippen LogP contribution in [0.1, 0.15) is 19.8 Å². The van der Waals surface area contributed by atoms with E-state index in [9.17, 15) is 5.11 Å². The smallest absolute Gasteiger partial charge is 0.0847 e. The molecule has 1 aliphatic heterocycles. The summed E-state index contributed by atoms with van der Waals surface area (Å²) in [5.74, 6) is 0. The highest BCUT2D eigenvalue weighted by molar-refractivity contribution is 4.96. The van der Waals surface area contributed by atoms with Crippen molar-refractivity contribution in [3.63, 3.8) is 0 Å². The number of rotatable bonds is 3. The van der Waals surface area contributed by atoms with Crippen LogP contribution in [0.5, 0.6) is 0 Å². The lowest BCUT2D eigenvalue weighted by Crippen LogP contribution is -2.59. The molecule has 4 nitrogen and oxygen atoms in total. The van der Waals surface area contributed by atoms with Gasteiger partial charge in [0.05, 0.1) is 11.7 Å². The molecule has 3 atom stereocenters. The van der Waals surface area contributed by atoms with Crippen LogP contribution in [0.25, 0.3) is 0 Å². The summed E-state index contributed by atoms with van der Waals surface area (Å²) in [5, 5.41) is 10.3. The molecule has 3 unspecified atom stereocenters. The Morgan fingerprint density at radius 1 is 1.71 bits per heavy atom. The van der Waals surface area contributed by atoms with Crippen LogP contribution in [0.2, 0.25) is 0 Å². The Morgan fingerprint density at radius 2 is 2.36 bits per heavy atom. The molecule has 0 radical (unpaired) electrons. The van der Waals surface area contributed by atoms with Gasteiger partial charge in [0, 0.05) is 32.7 Å². The van der Waals surface area contributed by atoms with Crippen molar-refractivity contribution in [2.24, 2.45) is 5.73 Å². The summed E-state index contributed by atoms with van der Waals surface area (Å²) in [7, 11) is 3.69. The Morgan fingerprint density at radius 3 is 2.86 bits per heavy atom. The van der Waals surface area contributed by atoms with Gasteiger partial charge in [-0.2, -0.15) is 0 Å². The first kappa shape index (κ1) is 11.9. The molecule has 1 heterocycles. The van der Waals surface area contributed by atoms with Crippen molar-refractivity contribution >= 4 is 0 Å². The van der Waals surface area contributed by atoms with Crippen molar-refractivity contribution in [1.82, 2.24) is 4.90 Å². The van der Waals surface area contributed by atoms with E-state index in [1.165, 1.54) is 0 Å². The highest BCUT2D eigenvalue weighted by Gasteiger charge is 2.39. The van der Waals surface area contributed by atoms with Crippen molar-refractivity contribution in [1.29, 1.82) is 0 Å². The van der Waals surface area contributed by atoms with E-state index in [0.717, 1.165) is 19.5 Å². The molecule has 0 aromatic heterocycles. The largest absolute Gasteiger partial charge is 0.388 e. The number of piperidine rings is 1. The maximum Gasteiger partial charge on any atom is 0.0847 e. The minimum Gasteiger partial charge on any atom is -0.388 e. The second kappa shape index (κ2) is 4.57. The number of hydrogen-bond donors (Lipinski definition) is 2. The van der Waals surface area contributed by atoms with Crippen LogP contribution in [0.15, 0.2) is 0 Å². The van der Waals surface area contributed by atoms with Crippen molar-refractivity contribution in [2.45, 2.75) is 37.5 Å². The number of methoxy groups -OCH3 is 1. The van der Waals surface area contributed by atoms with Crippen molar-refractivity contribution in [2.75, 3.05) is 27.2 Å². The molecule has 0 bridgehead atoms. The normalized spacial score (nSPS) is 37.1. The summed E-state index contributed by atoms with van der Waals surface area (Å²) in [5.41, 5.74) is 5.21. The zero-order chi connectivity index (χ0) is 10.8. The standard InChI is InChI=1S/C10H22N2O2/c1-8(14-3)6-10(13)4-5-12(2)7-9(10)11/h8-9,13H,4-7,11H2,1-3H3. The van der Waals surface area contributed by atoms with Crippen LogP contribution >= 0.6 is 0 Å². The van der Waals surface area contributed by atoms with E-state index in [0.29, 0.717) is 6.42 Å². The van der Waals surface area contributed by atoms with Gasteiger partial charge in [-0.25, -0.2) is 0 Å². The molecule has 0 amide bonds. The fourth-order valence-corrected chi connectivity index (χ4v) is 2.00. The summed E-state index contributed by atoms with van der Waals surface area (Å²) in [6.45, 7) is 3.62. The molecule has 0 spiro atoms. The van der Waals surface area contributed by atoms with Crippen LogP contribution in [0.4, 0.5) is 0 Å². The van der Waals surface area contributed by atoms with E-state index in [1.54, 1.807) is 7.11 Å². The zero-order valence-corrected chi connectivity index (χ0v) is 9.36. The number of aliphatic hydroxyl groups is 1. The molecular weight excluding hydrogens is 180 g/mol. The number of ether oxygens (including phenoxy) is 1. The third-order valence-electron chi connectivity index (χ3n) is 3.17. The highest BCUT2D eigenvalue weighted by atomic mass is 16.5. The predicted octanol–water partition coefficient (Wildman–Crippen LogP) is -0.195. The summed E-state index contributed by atoms with van der Waals surface area (Å²) in [6, 6.07) is -0.168. The van der Waals surface area contributed by atoms with Gasteiger partial charge in [0.1, 0.15) is 0 Å². The lowest BCUT2D eigenvalue weighted by molar-refractivity contribution is -0.0691. The highest BCUT2D eigenvalue weighted by Crippen LogP contribution is 2.26. The van der Waals surface area contributed by atoms with Crippen LogP contribution < -0.4 is 5.73 Å². The molecule has 4 heteroatoms. The summed E-state index contributed by atoms with van der Waals surface area (Å²) in [6.07, 6.45) is 1.42. The van der Waals surface area contributed by atoms with Crippen LogP contribution in [0.3, 0.4) is 0 Å². The molecule has 1 fully saturated rings. The lowest BCUT2D eigenvalue weighted by atomic mass is 9.83. The molecule has 0 aromatic rings. The molecular formula is C10H22N2O2. The minimum atomic E-state index is -0.748. The Bertz CT molecular complexity index is 189. The van der Waals surface area contributed by atoms with Gasteiger partial charge >= 0.3 is 0 Å². The Hall–Kier alpha value is -0.160. The average molecular weight is 202 g/mol. The minimum absolute atomic E-state index is 0.0643. The van der Waals surface area contributed by atoms with Crippen LogP contribution in [-0.2, 0) is 4.74 Å². The number of likely N-dealkylation sites (tertiary alicyclic amines) is 1. The molecule has 0 aliphatic carbocycles. The van der Waals surface area contributed by atoms with E-state index in [2.05, 4.69) is 4.90 Å². The monoisotopic (exact) mass is 202 g/mol. The first-order valence-corrected chi connectivity index (χ1v) is 5.17. The lowest BCUT2D eigenvalue weighted by Gasteiger charge is -2.42. The molecule has 1 aliphatic rings. The number of nitrogens with two attached hydrogens (primary N) is 1. The Balaban J connectivity index is 2.55. The van der Waals surface area contributed by atoms with Gasteiger partial charge < -0.3 is 20.5 Å². The summed E-state index contributed by atoms with van der Waals surface area (Å²) < 4.78 is 5.16. The third kappa shape index (κ3) is 2.67. The molecule has 1 rings (SSSR count). The first-order chi connectivity index (χ1) is 6.48. The Kier molecular flexibility index (Phi) is 3.89. The van der Waals surface area contributed by atoms with Crippen molar-refractivity contribution < 1.29 is 9.84 Å². The van der Waals surface area contributed by atoms with Gasteiger partial charge in [-0.3, -0.25) is 0 Å². The van der Waals surface area contributed by atoms with E-state index in [4.69, 9.17) is 10.5 Å². The van der Waals surface area contributed by atoms with Gasteiger partial charge in [0.25, 0.3) is 0 Å². The van der Waals surface area contributed by atoms with Crippen LogP contribution in [0, 0.1) is 0 Å². The van der Waals surface area contributed by atoms with Gasteiger partial charge in [-0.05, 0) is 20.4 Å². The summed E-state index contributed by atoms with van der Waals surface area (Å²) >= 11 is 0. The quantitative estimate of drug-likeness (QED) is 0.666. The number of hydrogen-bond acceptors (Lipinski definition) is 4. The SMILES string of the molecule is COC(C)CC1(O)CCN(C)CC1N. The number of likely N-dealkylation sites (N-methyl/N-ethyl adjacent to an activating group) is 1. The topological polar surface area (TPSA) is 58.7 Å². The van der Waals surface area contributed by atoms with Crippen molar-refractivity contribution in [3.05, 3.63) is 0 Å². The summed E-state index contributed by atoms with van der Waals surface area (Å²) in [4.78, 5) is 2.15. The van der Waals surface area contributed by atoms with Gasteiger partial charge in [0.2, 0.25) is 0 Å². The predicted molar refractivity (Wildman–Crippen MR) is 56.1 cm³/mol. The molecule has 0 saturated carbocycles. The fraction of sp³-hybridized carbons (Fsp3) is 1.00. The second-order valence-corrected chi connectivity index (χ2v) is 4.47. The van der Waals surface area contributed by atoms with Gasteiger partial charge in [-0.15, -0.1) is 0 Å². The van der Waals surface area contributed by atoms with E-state index >= 15 is 0 Å². The van der Waals surface area contributed by atoms with Crippen molar-refractivity contribution in [3.8, 4) is 0 Å². The average Bonchev–Trinajstić information content (AvgIpc) is 2.12. The maximum absolute atomic E-state index is 10.3. The molecule has 14 heavy (non-hydrogen) atoms. The Labute approximate surface area is 86.0 Å². The molecule has 84 valence electrons. The van der Waals surface area contributed by atoms with Gasteiger partial charge in [0.15, 0.2) is 0 Å². The molecule has 3 N–H and O–H groups in total. The third-order valence-corrected chi connectivity index (χ3v) is 3.17. The number of nitrogens with zero attached hydrogens (tertiary/aromatic N) is 1. The maximum atomic E-state index is 10.3.